The summed E-state index contributed by atoms with van der Waals surface area (Å²) in [5, 5.41) is 7.15. The van der Waals surface area contributed by atoms with Gasteiger partial charge >= 0.3 is 0 Å². The highest BCUT2D eigenvalue weighted by Crippen LogP contribution is 2.17. The number of carbonyl (C=O) groups excluding carboxylic acids is 1. The largest absolute Gasteiger partial charge is 0.482 e. The summed E-state index contributed by atoms with van der Waals surface area (Å²) in [6.45, 7) is 3.18. The van der Waals surface area contributed by atoms with Gasteiger partial charge in [-0.1, -0.05) is 12.1 Å². The van der Waals surface area contributed by atoms with E-state index in [-0.39, 0.29) is 5.78 Å². The van der Waals surface area contributed by atoms with E-state index < -0.39 is 6.10 Å². The molecule has 0 aromatic heterocycles. The van der Waals surface area contributed by atoms with Crippen LogP contribution in [0.1, 0.15) is 19.4 Å². The Kier molecular flexibility index (Phi) is 3.40. The van der Waals surface area contributed by atoms with E-state index in [2.05, 4.69) is 0 Å². The second kappa shape index (κ2) is 4.56. The zero-order chi connectivity index (χ0) is 10.6. The molecule has 1 aromatic carbocycles. The van der Waals surface area contributed by atoms with E-state index in [9.17, 15) is 4.79 Å². The Labute approximate surface area is 83.2 Å². The normalized spacial score (nSPS) is 11.9. The molecule has 0 fully saturated rings. The first-order valence-electron chi connectivity index (χ1n) is 4.41. The van der Waals surface area contributed by atoms with E-state index in [1.807, 2.05) is 12.1 Å². The maximum absolute atomic E-state index is 11.0. The lowest BCUT2D eigenvalue weighted by Crippen LogP contribution is -2.21. The minimum Gasteiger partial charge on any atom is -0.482 e. The molecule has 0 aliphatic rings. The highest BCUT2D eigenvalue weighted by Gasteiger charge is 2.10. The van der Waals surface area contributed by atoms with Gasteiger partial charge in [0.05, 0.1) is 0 Å². The second-order valence-corrected chi connectivity index (χ2v) is 3.05. The first kappa shape index (κ1) is 10.4. The lowest BCUT2D eigenvalue weighted by atomic mass is 10.2. The topological polar surface area (TPSA) is 50.2 Å². The SMILES string of the molecule is CC(=O)C(C)Oc1ccccc1C=N. The van der Waals surface area contributed by atoms with Crippen molar-refractivity contribution in [2.75, 3.05) is 0 Å². The number of hydrogen-bond donors (Lipinski definition) is 1. The molecule has 1 unspecified atom stereocenters. The van der Waals surface area contributed by atoms with Crippen LogP contribution in [0.5, 0.6) is 5.75 Å². The molecule has 0 aliphatic heterocycles. The fraction of sp³-hybridized carbons (Fsp3) is 0.273. The number of rotatable bonds is 4. The Balaban J connectivity index is 2.85. The van der Waals surface area contributed by atoms with Crippen LogP contribution in [-0.4, -0.2) is 18.1 Å². The Morgan fingerprint density at radius 1 is 1.50 bits per heavy atom. The highest BCUT2D eigenvalue weighted by atomic mass is 16.5. The van der Waals surface area contributed by atoms with E-state index in [4.69, 9.17) is 10.1 Å². The number of hydrogen-bond acceptors (Lipinski definition) is 3. The molecule has 1 rings (SSSR count). The van der Waals surface area contributed by atoms with Crippen molar-refractivity contribution >= 4 is 12.0 Å². The van der Waals surface area contributed by atoms with Crippen molar-refractivity contribution in [1.29, 1.82) is 5.41 Å². The molecule has 1 N–H and O–H groups in total. The first-order valence-corrected chi connectivity index (χ1v) is 4.41. The molecule has 0 saturated heterocycles. The van der Waals surface area contributed by atoms with Crippen LogP contribution < -0.4 is 4.74 Å². The zero-order valence-corrected chi connectivity index (χ0v) is 8.28. The Morgan fingerprint density at radius 3 is 2.71 bits per heavy atom. The number of benzene rings is 1. The maximum atomic E-state index is 11.0. The molecule has 0 saturated carbocycles. The van der Waals surface area contributed by atoms with Crippen LogP contribution in [0, 0.1) is 5.41 Å². The number of ether oxygens (including phenoxy) is 1. The lowest BCUT2D eigenvalue weighted by Gasteiger charge is -2.13. The quantitative estimate of drug-likeness (QED) is 0.740. The van der Waals surface area contributed by atoms with Gasteiger partial charge in [0, 0.05) is 11.8 Å². The van der Waals surface area contributed by atoms with Gasteiger partial charge in [-0.05, 0) is 26.0 Å². The van der Waals surface area contributed by atoms with Gasteiger partial charge in [-0.3, -0.25) is 4.79 Å². The summed E-state index contributed by atoms with van der Waals surface area (Å²) in [6, 6.07) is 7.16. The van der Waals surface area contributed by atoms with Crippen LogP contribution in [0.25, 0.3) is 0 Å². The van der Waals surface area contributed by atoms with E-state index in [1.54, 1.807) is 19.1 Å². The van der Waals surface area contributed by atoms with Crippen LogP contribution >= 0.6 is 0 Å². The highest BCUT2D eigenvalue weighted by molar-refractivity contribution is 5.83. The summed E-state index contributed by atoms with van der Waals surface area (Å²) in [5.74, 6) is 0.551. The summed E-state index contributed by atoms with van der Waals surface area (Å²) in [6.07, 6.45) is 0.749. The minimum atomic E-state index is -0.462. The van der Waals surface area contributed by atoms with Gasteiger partial charge in [-0.25, -0.2) is 0 Å². The number of nitrogens with one attached hydrogen (secondary N) is 1. The van der Waals surface area contributed by atoms with Gasteiger partial charge < -0.3 is 10.1 Å². The van der Waals surface area contributed by atoms with E-state index in [0.717, 1.165) is 0 Å². The molecule has 1 aromatic rings. The maximum Gasteiger partial charge on any atom is 0.169 e. The molecule has 3 nitrogen and oxygen atoms in total. The van der Waals surface area contributed by atoms with Gasteiger partial charge in [0.1, 0.15) is 5.75 Å². The fourth-order valence-electron chi connectivity index (χ4n) is 0.981. The van der Waals surface area contributed by atoms with E-state index >= 15 is 0 Å². The van der Waals surface area contributed by atoms with Crippen molar-refractivity contribution in [3.05, 3.63) is 29.8 Å². The van der Waals surface area contributed by atoms with Crippen LogP contribution in [0.2, 0.25) is 0 Å². The molecular formula is C11H13NO2. The summed E-state index contributed by atoms with van der Waals surface area (Å²) in [4.78, 5) is 11.0. The van der Waals surface area contributed by atoms with Gasteiger partial charge in [0.25, 0.3) is 0 Å². The molecule has 74 valence electrons. The first-order chi connectivity index (χ1) is 6.65. The number of ketones is 1. The van der Waals surface area contributed by atoms with Crippen LogP contribution in [-0.2, 0) is 4.79 Å². The lowest BCUT2D eigenvalue weighted by molar-refractivity contribution is -0.122. The zero-order valence-electron chi connectivity index (χ0n) is 8.28. The third-order valence-corrected chi connectivity index (χ3v) is 1.95. The van der Waals surface area contributed by atoms with Crippen molar-refractivity contribution in [2.45, 2.75) is 20.0 Å². The molecule has 0 aliphatic carbocycles. The third-order valence-electron chi connectivity index (χ3n) is 1.95. The molecule has 3 heteroatoms. The molecule has 0 spiro atoms. The summed E-state index contributed by atoms with van der Waals surface area (Å²) in [7, 11) is 0. The number of carbonyl (C=O) groups is 1. The minimum absolute atomic E-state index is 0.0233. The van der Waals surface area contributed by atoms with Crippen molar-refractivity contribution in [1.82, 2.24) is 0 Å². The predicted octanol–water partition coefficient (Wildman–Crippen LogP) is 2.04. The molecule has 14 heavy (non-hydrogen) atoms. The molecule has 0 amide bonds. The van der Waals surface area contributed by atoms with Gasteiger partial charge in [-0.15, -0.1) is 0 Å². The van der Waals surface area contributed by atoms with E-state index in [1.165, 1.54) is 13.1 Å². The Morgan fingerprint density at radius 2 is 2.14 bits per heavy atom. The smallest absolute Gasteiger partial charge is 0.169 e. The van der Waals surface area contributed by atoms with Crippen LogP contribution in [0.4, 0.5) is 0 Å². The van der Waals surface area contributed by atoms with E-state index in [0.29, 0.717) is 11.3 Å². The Bertz CT molecular complexity index is 347. The second-order valence-electron chi connectivity index (χ2n) is 3.05. The van der Waals surface area contributed by atoms with Crippen LogP contribution in [0.15, 0.2) is 24.3 Å². The average molecular weight is 191 g/mol. The van der Waals surface area contributed by atoms with Gasteiger partial charge in [0.15, 0.2) is 11.9 Å². The van der Waals surface area contributed by atoms with Crippen LogP contribution in [0.3, 0.4) is 0 Å². The summed E-state index contributed by atoms with van der Waals surface area (Å²) < 4.78 is 5.40. The van der Waals surface area contributed by atoms with Crippen molar-refractivity contribution in [2.24, 2.45) is 0 Å². The molecular weight excluding hydrogens is 178 g/mol. The molecule has 0 bridgehead atoms. The Hall–Kier alpha value is -1.64. The molecule has 0 radical (unpaired) electrons. The molecule has 1 atom stereocenters. The average Bonchev–Trinajstić information content (AvgIpc) is 2.18. The monoisotopic (exact) mass is 191 g/mol. The standard InChI is InChI=1S/C11H13NO2/c1-8(13)9(2)14-11-6-4-3-5-10(11)7-12/h3-7,9,12H,1-2H3. The summed E-state index contributed by atoms with van der Waals surface area (Å²) in [5.41, 5.74) is 0.681. The molecule has 0 heterocycles. The number of Topliss-reactive ketones (excluding diaryl/α,β-unsaturated/α-hetero) is 1. The summed E-state index contributed by atoms with van der Waals surface area (Å²) >= 11 is 0. The fourth-order valence-corrected chi connectivity index (χ4v) is 0.981. The van der Waals surface area contributed by atoms with Crippen molar-refractivity contribution in [3.63, 3.8) is 0 Å². The van der Waals surface area contributed by atoms with Crippen molar-refractivity contribution in [3.8, 4) is 5.75 Å². The van der Waals surface area contributed by atoms with Gasteiger partial charge in [-0.2, -0.15) is 0 Å². The van der Waals surface area contributed by atoms with Crippen molar-refractivity contribution < 1.29 is 9.53 Å². The third kappa shape index (κ3) is 2.42. The number of para-hydroxylation sites is 1. The van der Waals surface area contributed by atoms with Gasteiger partial charge in [0.2, 0.25) is 0 Å². The predicted molar refractivity (Wildman–Crippen MR) is 55.1 cm³/mol.